The Balaban J connectivity index is 2.22. The van der Waals surface area contributed by atoms with Crippen LogP contribution in [-0.2, 0) is 9.53 Å². The van der Waals surface area contributed by atoms with Crippen molar-refractivity contribution in [1.82, 2.24) is 0 Å². The van der Waals surface area contributed by atoms with Crippen LogP contribution in [0.25, 0.3) is 0 Å². The van der Waals surface area contributed by atoms with E-state index in [4.69, 9.17) is 4.74 Å². The first kappa shape index (κ1) is 16.3. The molecular weight excluding hydrogens is 260 g/mol. The van der Waals surface area contributed by atoms with Crippen LogP contribution in [0.1, 0.15) is 54.4 Å². The van der Waals surface area contributed by atoms with Gasteiger partial charge in [0, 0.05) is 5.92 Å². The average Bonchev–Trinajstić information content (AvgIpc) is 2.42. The molecule has 0 N–H and O–H groups in total. The van der Waals surface area contributed by atoms with E-state index in [0.717, 1.165) is 12.8 Å². The molecule has 0 aromatic heterocycles. The second-order valence-electron chi connectivity index (χ2n) is 7.66. The van der Waals surface area contributed by atoms with Gasteiger partial charge in [-0.15, -0.1) is 0 Å². The summed E-state index contributed by atoms with van der Waals surface area (Å²) in [6.07, 6.45) is 8.69. The van der Waals surface area contributed by atoms with Gasteiger partial charge in [0.25, 0.3) is 0 Å². The number of hydrogen-bond donors (Lipinski definition) is 0. The number of hydrogen-bond acceptors (Lipinski definition) is 2. The molecule has 21 heavy (non-hydrogen) atoms. The van der Waals surface area contributed by atoms with Gasteiger partial charge in [0.05, 0.1) is 5.41 Å². The molecule has 3 unspecified atom stereocenters. The molecular formula is C19H30O2. The maximum absolute atomic E-state index is 12.5. The highest BCUT2D eigenvalue weighted by atomic mass is 16.5. The van der Waals surface area contributed by atoms with E-state index in [-0.39, 0.29) is 17.5 Å². The van der Waals surface area contributed by atoms with Gasteiger partial charge in [0.1, 0.15) is 6.10 Å². The summed E-state index contributed by atoms with van der Waals surface area (Å²) in [7, 11) is 0. The van der Waals surface area contributed by atoms with Gasteiger partial charge in [-0.2, -0.15) is 0 Å². The standard InChI is InChI=1S/C19H30O2/c1-7-19(5,6)18(20)21-16-11-12(2)10-15-9-8-13(3)14(4)17(15)16/h8-10,12-14,16-17H,7,11H2,1-6H3/t12?,13-,14?,16+,17?/m1/s1. The Morgan fingerprint density at radius 1 is 1.33 bits per heavy atom. The van der Waals surface area contributed by atoms with Crippen LogP contribution in [0.5, 0.6) is 0 Å². The number of allylic oxidation sites excluding steroid dienone is 3. The summed E-state index contributed by atoms with van der Waals surface area (Å²) in [4.78, 5) is 12.5. The van der Waals surface area contributed by atoms with Crippen LogP contribution in [0.3, 0.4) is 0 Å². The minimum Gasteiger partial charge on any atom is -0.461 e. The van der Waals surface area contributed by atoms with Crippen molar-refractivity contribution >= 4 is 5.97 Å². The maximum atomic E-state index is 12.5. The molecule has 0 saturated heterocycles. The second-order valence-corrected chi connectivity index (χ2v) is 7.66. The van der Waals surface area contributed by atoms with Gasteiger partial charge in [-0.25, -0.2) is 0 Å². The molecule has 0 aromatic carbocycles. The summed E-state index contributed by atoms with van der Waals surface area (Å²) in [5.74, 6) is 1.86. The molecule has 0 amide bonds. The summed E-state index contributed by atoms with van der Waals surface area (Å²) in [5, 5.41) is 0. The van der Waals surface area contributed by atoms with E-state index in [2.05, 4.69) is 39.0 Å². The van der Waals surface area contributed by atoms with Crippen LogP contribution in [0.15, 0.2) is 23.8 Å². The minimum atomic E-state index is -0.385. The molecule has 0 saturated carbocycles. The largest absolute Gasteiger partial charge is 0.461 e. The summed E-state index contributed by atoms with van der Waals surface area (Å²) >= 11 is 0. The molecule has 0 heterocycles. The monoisotopic (exact) mass is 290 g/mol. The maximum Gasteiger partial charge on any atom is 0.311 e. The summed E-state index contributed by atoms with van der Waals surface area (Å²) in [5.41, 5.74) is 0.982. The van der Waals surface area contributed by atoms with Crippen molar-refractivity contribution in [3.8, 4) is 0 Å². The fourth-order valence-corrected chi connectivity index (χ4v) is 3.37. The highest BCUT2D eigenvalue weighted by molar-refractivity contribution is 5.76. The number of carbonyl (C=O) groups excluding carboxylic acids is 1. The molecule has 0 aliphatic heterocycles. The number of esters is 1. The Morgan fingerprint density at radius 2 is 2.00 bits per heavy atom. The Bertz CT molecular complexity index is 458. The minimum absolute atomic E-state index is 0.0284. The summed E-state index contributed by atoms with van der Waals surface area (Å²) in [6.45, 7) is 12.8. The van der Waals surface area contributed by atoms with Crippen molar-refractivity contribution in [2.75, 3.05) is 0 Å². The number of rotatable bonds is 3. The van der Waals surface area contributed by atoms with Crippen molar-refractivity contribution in [3.05, 3.63) is 23.8 Å². The van der Waals surface area contributed by atoms with Gasteiger partial charge in [-0.1, -0.05) is 45.9 Å². The first-order valence-corrected chi connectivity index (χ1v) is 8.37. The highest BCUT2D eigenvalue weighted by Gasteiger charge is 2.41. The smallest absolute Gasteiger partial charge is 0.311 e. The van der Waals surface area contributed by atoms with Gasteiger partial charge in [-0.3, -0.25) is 4.79 Å². The van der Waals surface area contributed by atoms with Crippen LogP contribution in [0, 0.1) is 29.1 Å². The lowest BCUT2D eigenvalue weighted by Crippen LogP contribution is -2.41. The third-order valence-corrected chi connectivity index (χ3v) is 5.55. The topological polar surface area (TPSA) is 26.3 Å². The zero-order chi connectivity index (χ0) is 15.8. The van der Waals surface area contributed by atoms with Gasteiger partial charge in [-0.05, 0) is 50.0 Å². The van der Waals surface area contributed by atoms with Crippen LogP contribution in [0.2, 0.25) is 0 Å². The van der Waals surface area contributed by atoms with E-state index in [1.54, 1.807) is 0 Å². The van der Waals surface area contributed by atoms with Crippen LogP contribution >= 0.6 is 0 Å². The number of carbonyl (C=O) groups is 1. The van der Waals surface area contributed by atoms with Crippen molar-refractivity contribution < 1.29 is 9.53 Å². The molecule has 0 radical (unpaired) electrons. The Kier molecular flexibility index (Phi) is 4.65. The molecule has 0 fully saturated rings. The molecule has 2 rings (SSSR count). The predicted octanol–water partition coefficient (Wildman–Crippen LogP) is 4.76. The van der Waals surface area contributed by atoms with E-state index in [9.17, 15) is 4.79 Å². The van der Waals surface area contributed by atoms with Crippen molar-refractivity contribution in [2.45, 2.75) is 60.5 Å². The van der Waals surface area contributed by atoms with E-state index in [0.29, 0.717) is 23.7 Å². The molecule has 0 spiro atoms. The highest BCUT2D eigenvalue weighted by Crippen LogP contribution is 2.43. The van der Waals surface area contributed by atoms with E-state index in [1.807, 2.05) is 20.8 Å². The van der Waals surface area contributed by atoms with Crippen LogP contribution < -0.4 is 0 Å². The lowest BCUT2D eigenvalue weighted by molar-refractivity contribution is -0.164. The van der Waals surface area contributed by atoms with Crippen LogP contribution in [0.4, 0.5) is 0 Å². The Hall–Kier alpha value is -1.05. The number of fused-ring (bicyclic) bond motifs is 1. The van der Waals surface area contributed by atoms with E-state index >= 15 is 0 Å². The molecule has 0 aromatic rings. The molecule has 118 valence electrons. The van der Waals surface area contributed by atoms with Crippen molar-refractivity contribution in [2.24, 2.45) is 29.1 Å². The quantitative estimate of drug-likeness (QED) is 0.701. The zero-order valence-corrected chi connectivity index (χ0v) is 14.3. The zero-order valence-electron chi connectivity index (χ0n) is 14.3. The van der Waals surface area contributed by atoms with Gasteiger partial charge >= 0.3 is 5.97 Å². The predicted molar refractivity (Wildman–Crippen MR) is 86.8 cm³/mol. The third-order valence-electron chi connectivity index (χ3n) is 5.55. The SMILES string of the molecule is CCC(C)(C)C(=O)O[C@H]1CC(C)C=C2C=C[C@@H](C)C(C)C21. The average molecular weight is 290 g/mol. The molecule has 5 atom stereocenters. The molecule has 0 bridgehead atoms. The molecule has 2 nitrogen and oxygen atoms in total. The lowest BCUT2D eigenvalue weighted by atomic mass is 9.67. The normalized spacial score (nSPS) is 35.9. The Labute approximate surface area is 129 Å². The molecule has 2 aliphatic carbocycles. The third kappa shape index (κ3) is 3.25. The number of ether oxygens (including phenoxy) is 1. The second kappa shape index (κ2) is 5.98. The van der Waals surface area contributed by atoms with Gasteiger partial charge < -0.3 is 4.74 Å². The van der Waals surface area contributed by atoms with E-state index in [1.165, 1.54) is 5.57 Å². The Morgan fingerprint density at radius 3 is 2.62 bits per heavy atom. The fraction of sp³-hybridized carbons (Fsp3) is 0.737. The van der Waals surface area contributed by atoms with Crippen LogP contribution in [-0.4, -0.2) is 12.1 Å². The first-order valence-electron chi connectivity index (χ1n) is 8.37. The summed E-state index contributed by atoms with van der Waals surface area (Å²) in [6, 6.07) is 0. The molecule has 2 aliphatic rings. The fourth-order valence-electron chi connectivity index (χ4n) is 3.37. The lowest BCUT2D eigenvalue weighted by Gasteiger charge is -2.42. The molecule has 2 heteroatoms. The summed E-state index contributed by atoms with van der Waals surface area (Å²) < 4.78 is 5.99. The van der Waals surface area contributed by atoms with Gasteiger partial charge in [0.15, 0.2) is 0 Å². The van der Waals surface area contributed by atoms with Gasteiger partial charge in [0.2, 0.25) is 0 Å². The van der Waals surface area contributed by atoms with Crippen molar-refractivity contribution in [3.63, 3.8) is 0 Å². The van der Waals surface area contributed by atoms with Crippen molar-refractivity contribution in [1.29, 1.82) is 0 Å². The first-order chi connectivity index (χ1) is 9.76. The van der Waals surface area contributed by atoms with E-state index < -0.39 is 0 Å².